The fourth-order valence-corrected chi connectivity index (χ4v) is 1.40. The van der Waals surface area contributed by atoms with Crippen LogP contribution in [0.15, 0.2) is 18.3 Å². The summed E-state index contributed by atoms with van der Waals surface area (Å²) < 4.78 is 5.03. The van der Waals surface area contributed by atoms with E-state index in [0.29, 0.717) is 5.88 Å². The highest BCUT2D eigenvalue weighted by molar-refractivity contribution is 6.20. The molecule has 3 nitrogen and oxygen atoms in total. The van der Waals surface area contributed by atoms with Gasteiger partial charge in [0.2, 0.25) is 5.88 Å². The Balaban J connectivity index is 2.30. The molecule has 15 heavy (non-hydrogen) atoms. The number of alkyl halides is 1. The number of pyridine rings is 1. The lowest BCUT2D eigenvalue weighted by molar-refractivity contribution is 0.398. The monoisotopic (exact) mass is 228 g/mol. The molecule has 1 N–H and O–H groups in total. The molecule has 1 aromatic rings. The Bertz CT molecular complexity index is 292. The third kappa shape index (κ3) is 4.88. The fraction of sp³-hybridized carbons (Fsp3) is 0.545. The number of aromatic nitrogens is 1. The van der Waals surface area contributed by atoms with Gasteiger partial charge in [-0.2, -0.15) is 0 Å². The first-order valence-corrected chi connectivity index (χ1v) is 5.54. The van der Waals surface area contributed by atoms with E-state index in [-0.39, 0.29) is 5.38 Å². The van der Waals surface area contributed by atoms with Crippen molar-refractivity contribution in [2.75, 3.05) is 19.0 Å². The molecule has 0 radical (unpaired) electrons. The average molecular weight is 229 g/mol. The molecule has 4 heteroatoms. The molecular weight excluding hydrogens is 212 g/mol. The quantitative estimate of drug-likeness (QED) is 0.601. The number of nitrogens with one attached hydrogen (secondary N) is 1. The molecule has 0 spiro atoms. The van der Waals surface area contributed by atoms with Crippen molar-refractivity contribution in [3.63, 3.8) is 0 Å². The summed E-state index contributed by atoms with van der Waals surface area (Å²) in [6.45, 7) is 2.93. The van der Waals surface area contributed by atoms with Gasteiger partial charge in [0.25, 0.3) is 0 Å². The Labute approximate surface area is 95.8 Å². The highest BCUT2D eigenvalue weighted by Gasteiger charge is 1.98. The Hall–Kier alpha value is -0.960. The Morgan fingerprint density at radius 3 is 3.07 bits per heavy atom. The maximum Gasteiger partial charge on any atom is 0.214 e. The van der Waals surface area contributed by atoms with Crippen molar-refractivity contribution in [1.82, 2.24) is 4.98 Å². The first kappa shape index (κ1) is 12.1. The molecule has 0 aliphatic heterocycles. The largest absolute Gasteiger partial charge is 0.481 e. The van der Waals surface area contributed by atoms with Crippen molar-refractivity contribution < 1.29 is 4.74 Å². The molecule has 0 fully saturated rings. The minimum Gasteiger partial charge on any atom is -0.481 e. The van der Waals surface area contributed by atoms with Crippen molar-refractivity contribution in [1.29, 1.82) is 0 Å². The number of hydrogen-bond acceptors (Lipinski definition) is 3. The van der Waals surface area contributed by atoms with E-state index in [1.807, 2.05) is 19.1 Å². The van der Waals surface area contributed by atoms with Crippen molar-refractivity contribution >= 4 is 17.3 Å². The van der Waals surface area contributed by atoms with Crippen LogP contribution >= 0.6 is 11.6 Å². The normalized spacial score (nSPS) is 12.2. The summed E-state index contributed by atoms with van der Waals surface area (Å²) in [5.41, 5.74) is 1.03. The van der Waals surface area contributed by atoms with Crippen LogP contribution in [0, 0.1) is 0 Å². The van der Waals surface area contributed by atoms with Gasteiger partial charge in [-0.05, 0) is 25.8 Å². The van der Waals surface area contributed by atoms with Gasteiger partial charge in [-0.25, -0.2) is 4.98 Å². The van der Waals surface area contributed by atoms with Crippen LogP contribution in [-0.4, -0.2) is 24.0 Å². The van der Waals surface area contributed by atoms with E-state index >= 15 is 0 Å². The van der Waals surface area contributed by atoms with E-state index in [2.05, 4.69) is 10.3 Å². The second kappa shape index (κ2) is 6.51. The van der Waals surface area contributed by atoms with Gasteiger partial charge in [-0.1, -0.05) is 0 Å². The smallest absolute Gasteiger partial charge is 0.214 e. The van der Waals surface area contributed by atoms with Crippen LogP contribution in [0.1, 0.15) is 19.8 Å². The summed E-state index contributed by atoms with van der Waals surface area (Å²) in [4.78, 5) is 4.03. The van der Waals surface area contributed by atoms with E-state index in [1.54, 1.807) is 13.3 Å². The zero-order chi connectivity index (χ0) is 11.1. The van der Waals surface area contributed by atoms with Gasteiger partial charge < -0.3 is 10.1 Å². The third-order valence-corrected chi connectivity index (χ3v) is 2.27. The zero-order valence-electron chi connectivity index (χ0n) is 9.16. The van der Waals surface area contributed by atoms with Gasteiger partial charge in [0.1, 0.15) is 0 Å². The molecular formula is C11H17ClN2O. The molecule has 0 aliphatic rings. The number of methoxy groups -OCH3 is 1. The summed E-state index contributed by atoms with van der Waals surface area (Å²) >= 11 is 5.85. The van der Waals surface area contributed by atoms with Crippen molar-refractivity contribution in [3.8, 4) is 5.88 Å². The second-order valence-electron chi connectivity index (χ2n) is 3.44. The molecule has 0 aromatic carbocycles. The standard InChI is InChI=1S/C11H17ClN2O/c1-9(12)4-3-6-13-10-5-7-14-11(8-10)15-2/h5,7-9H,3-4,6H2,1-2H3,(H,13,14). The molecule has 0 bridgehead atoms. The van der Waals surface area contributed by atoms with Crippen LogP contribution in [-0.2, 0) is 0 Å². The zero-order valence-corrected chi connectivity index (χ0v) is 9.92. The first-order valence-electron chi connectivity index (χ1n) is 5.10. The SMILES string of the molecule is COc1cc(NCCCC(C)Cl)ccn1. The average Bonchev–Trinajstić information content (AvgIpc) is 2.24. The van der Waals surface area contributed by atoms with Crippen molar-refractivity contribution in [3.05, 3.63) is 18.3 Å². The molecule has 1 aromatic heterocycles. The van der Waals surface area contributed by atoms with Crippen LogP contribution in [0.25, 0.3) is 0 Å². The molecule has 0 amide bonds. The highest BCUT2D eigenvalue weighted by Crippen LogP contribution is 2.13. The predicted molar refractivity (Wildman–Crippen MR) is 63.8 cm³/mol. The van der Waals surface area contributed by atoms with Crippen LogP contribution < -0.4 is 10.1 Å². The van der Waals surface area contributed by atoms with Crippen LogP contribution in [0.4, 0.5) is 5.69 Å². The summed E-state index contributed by atoms with van der Waals surface area (Å²) in [5, 5.41) is 3.54. The van der Waals surface area contributed by atoms with Crippen molar-refractivity contribution in [2.24, 2.45) is 0 Å². The van der Waals surface area contributed by atoms with Crippen molar-refractivity contribution in [2.45, 2.75) is 25.1 Å². The lowest BCUT2D eigenvalue weighted by Crippen LogP contribution is -2.04. The molecule has 1 atom stereocenters. The van der Waals surface area contributed by atoms with Gasteiger partial charge in [0.15, 0.2) is 0 Å². The summed E-state index contributed by atoms with van der Waals surface area (Å²) in [6.07, 6.45) is 3.82. The molecule has 84 valence electrons. The Kier molecular flexibility index (Phi) is 5.26. The lowest BCUT2D eigenvalue weighted by atomic mass is 10.2. The molecule has 1 unspecified atom stereocenters. The topological polar surface area (TPSA) is 34.1 Å². The lowest BCUT2D eigenvalue weighted by Gasteiger charge is -2.07. The fourth-order valence-electron chi connectivity index (χ4n) is 1.25. The maximum atomic E-state index is 5.85. The summed E-state index contributed by atoms with van der Waals surface area (Å²) in [6, 6.07) is 3.80. The highest BCUT2D eigenvalue weighted by atomic mass is 35.5. The van der Waals surface area contributed by atoms with Crippen LogP contribution in [0.2, 0.25) is 0 Å². The number of ether oxygens (including phenoxy) is 1. The molecule has 1 rings (SSSR count). The minimum atomic E-state index is 0.249. The van der Waals surface area contributed by atoms with Crippen LogP contribution in [0.3, 0.4) is 0 Å². The van der Waals surface area contributed by atoms with E-state index in [4.69, 9.17) is 16.3 Å². The molecule has 0 aliphatic carbocycles. The van der Waals surface area contributed by atoms with Gasteiger partial charge in [-0.3, -0.25) is 0 Å². The number of nitrogens with zero attached hydrogens (tertiary/aromatic N) is 1. The van der Waals surface area contributed by atoms with E-state index < -0.39 is 0 Å². The predicted octanol–water partition coefficient (Wildman–Crippen LogP) is 2.91. The molecule has 1 heterocycles. The van der Waals surface area contributed by atoms with E-state index in [1.165, 1.54) is 0 Å². The number of rotatable bonds is 6. The summed E-state index contributed by atoms with van der Waals surface area (Å²) in [5.74, 6) is 0.630. The number of hydrogen-bond donors (Lipinski definition) is 1. The number of halogens is 1. The first-order chi connectivity index (χ1) is 7.22. The third-order valence-electron chi connectivity index (χ3n) is 2.05. The van der Waals surface area contributed by atoms with Gasteiger partial charge in [0.05, 0.1) is 7.11 Å². The van der Waals surface area contributed by atoms with Gasteiger partial charge in [0, 0.05) is 29.9 Å². The van der Waals surface area contributed by atoms with Gasteiger partial charge >= 0.3 is 0 Å². The Morgan fingerprint density at radius 2 is 2.40 bits per heavy atom. The van der Waals surface area contributed by atoms with E-state index in [0.717, 1.165) is 25.1 Å². The van der Waals surface area contributed by atoms with Gasteiger partial charge in [-0.15, -0.1) is 11.6 Å². The maximum absolute atomic E-state index is 5.85. The summed E-state index contributed by atoms with van der Waals surface area (Å²) in [7, 11) is 1.61. The van der Waals surface area contributed by atoms with Crippen LogP contribution in [0.5, 0.6) is 5.88 Å². The number of anilines is 1. The van der Waals surface area contributed by atoms with E-state index in [9.17, 15) is 0 Å². The minimum absolute atomic E-state index is 0.249. The molecule has 0 saturated carbocycles. The molecule has 0 saturated heterocycles. The Morgan fingerprint density at radius 1 is 1.60 bits per heavy atom. The second-order valence-corrected chi connectivity index (χ2v) is 4.18.